The highest BCUT2D eigenvalue weighted by molar-refractivity contribution is 4.73. The van der Waals surface area contributed by atoms with Crippen molar-refractivity contribution < 1.29 is 22.3 Å². The van der Waals surface area contributed by atoms with E-state index in [2.05, 4.69) is 4.74 Å². The molecule has 2 N–H and O–H groups in total. The molecule has 0 aliphatic heterocycles. The van der Waals surface area contributed by atoms with Crippen molar-refractivity contribution in [1.82, 2.24) is 0 Å². The number of hydrogen-bond donors (Lipinski definition) is 1. The Hall–Kier alpha value is -0.360. The highest BCUT2D eigenvalue weighted by Crippen LogP contribution is 2.27. The second kappa shape index (κ2) is 7.28. The van der Waals surface area contributed by atoms with Gasteiger partial charge in [-0.2, -0.15) is 8.78 Å². The van der Waals surface area contributed by atoms with Gasteiger partial charge in [0.05, 0.1) is 6.61 Å². The summed E-state index contributed by atoms with van der Waals surface area (Å²) in [4.78, 5) is 0. The van der Waals surface area contributed by atoms with E-state index in [4.69, 9.17) is 5.73 Å². The van der Waals surface area contributed by atoms with E-state index >= 15 is 0 Å². The van der Waals surface area contributed by atoms with Gasteiger partial charge in [-0.1, -0.05) is 32.1 Å². The van der Waals surface area contributed by atoms with Crippen LogP contribution in [0.1, 0.15) is 38.5 Å². The fourth-order valence-electron chi connectivity index (χ4n) is 2.33. The van der Waals surface area contributed by atoms with E-state index in [1.165, 1.54) is 19.3 Å². The zero-order chi connectivity index (χ0) is 13.6. The first-order valence-electron chi connectivity index (χ1n) is 6.41. The number of ether oxygens (including phenoxy) is 1. The third kappa shape index (κ3) is 5.52. The molecule has 0 aromatic heterocycles. The molecule has 1 rings (SSSR count). The molecule has 0 radical (unpaired) electrons. The summed E-state index contributed by atoms with van der Waals surface area (Å²) in [6.07, 6.45) is 2.86. The van der Waals surface area contributed by atoms with Crippen molar-refractivity contribution in [2.75, 3.05) is 13.2 Å². The minimum Gasteiger partial charge on any atom is -0.373 e. The first-order valence-corrected chi connectivity index (χ1v) is 6.41. The average Bonchev–Trinajstić information content (AvgIpc) is 2.29. The van der Waals surface area contributed by atoms with Gasteiger partial charge in [-0.3, -0.25) is 0 Å². The molecule has 1 unspecified atom stereocenters. The fraction of sp³-hybridized carbons (Fsp3) is 1.00. The molecule has 1 fully saturated rings. The molecule has 1 atom stereocenters. The molecule has 108 valence electrons. The summed E-state index contributed by atoms with van der Waals surface area (Å²) < 4.78 is 53.4. The monoisotopic (exact) mass is 271 g/mol. The smallest absolute Gasteiger partial charge is 0.330 e. The van der Waals surface area contributed by atoms with Gasteiger partial charge >= 0.3 is 12.3 Å². The van der Waals surface area contributed by atoms with Gasteiger partial charge in [0.1, 0.15) is 6.61 Å². The van der Waals surface area contributed by atoms with E-state index in [-0.39, 0.29) is 12.6 Å². The van der Waals surface area contributed by atoms with Crippen LogP contribution in [0.5, 0.6) is 0 Å². The Bertz CT molecular complexity index is 232. The van der Waals surface area contributed by atoms with E-state index < -0.39 is 19.0 Å². The quantitative estimate of drug-likeness (QED) is 0.722. The molecular weight excluding hydrogens is 250 g/mol. The van der Waals surface area contributed by atoms with Gasteiger partial charge in [-0.15, -0.1) is 0 Å². The van der Waals surface area contributed by atoms with Crippen LogP contribution >= 0.6 is 0 Å². The summed E-state index contributed by atoms with van der Waals surface area (Å²) in [6, 6.07) is -0.346. The Balaban J connectivity index is 2.14. The van der Waals surface area contributed by atoms with Crippen LogP contribution in [0.3, 0.4) is 0 Å². The molecule has 0 amide bonds. The standard InChI is InChI=1S/C12H21F4NO/c13-11(14)12(15,16)8-18-7-10(17)6-9-4-2-1-3-5-9/h9-11H,1-8,17H2. The van der Waals surface area contributed by atoms with Crippen LogP contribution in [0.4, 0.5) is 17.6 Å². The molecule has 18 heavy (non-hydrogen) atoms. The Morgan fingerprint density at radius 2 is 1.78 bits per heavy atom. The van der Waals surface area contributed by atoms with Gasteiger partial charge < -0.3 is 10.5 Å². The normalized spacial score (nSPS) is 20.3. The molecule has 0 aromatic rings. The van der Waals surface area contributed by atoms with Crippen LogP contribution < -0.4 is 5.73 Å². The third-order valence-corrected chi connectivity index (χ3v) is 3.31. The number of alkyl halides is 4. The summed E-state index contributed by atoms with van der Waals surface area (Å²) in [5.41, 5.74) is 5.75. The molecule has 0 aromatic carbocycles. The minimum atomic E-state index is -4.08. The summed E-state index contributed by atoms with van der Waals surface area (Å²) >= 11 is 0. The maximum Gasteiger partial charge on any atom is 0.330 e. The summed E-state index contributed by atoms with van der Waals surface area (Å²) in [6.45, 7) is -1.35. The lowest BCUT2D eigenvalue weighted by molar-refractivity contribution is -0.166. The van der Waals surface area contributed by atoms with Crippen LogP contribution in [0, 0.1) is 5.92 Å². The van der Waals surface area contributed by atoms with E-state index in [9.17, 15) is 17.6 Å². The van der Waals surface area contributed by atoms with Crippen LogP contribution in [-0.2, 0) is 4.74 Å². The second-order valence-electron chi connectivity index (χ2n) is 5.08. The topological polar surface area (TPSA) is 35.2 Å². The molecule has 0 spiro atoms. The molecule has 0 heterocycles. The lowest BCUT2D eigenvalue weighted by atomic mass is 9.85. The van der Waals surface area contributed by atoms with Gasteiger partial charge in [0.15, 0.2) is 0 Å². The SMILES string of the molecule is NC(COCC(F)(F)C(F)F)CC1CCCCC1. The Labute approximate surface area is 105 Å². The van der Waals surface area contributed by atoms with Gasteiger partial charge in [0.2, 0.25) is 0 Å². The lowest BCUT2D eigenvalue weighted by Gasteiger charge is -2.25. The predicted octanol–water partition coefficient (Wildman–Crippen LogP) is 3.20. The maximum atomic E-state index is 12.5. The molecule has 2 nitrogen and oxygen atoms in total. The van der Waals surface area contributed by atoms with Gasteiger partial charge in [0, 0.05) is 6.04 Å². The van der Waals surface area contributed by atoms with Crippen LogP contribution in [0.2, 0.25) is 0 Å². The van der Waals surface area contributed by atoms with Crippen molar-refractivity contribution in [2.24, 2.45) is 11.7 Å². The average molecular weight is 271 g/mol. The third-order valence-electron chi connectivity index (χ3n) is 3.31. The van der Waals surface area contributed by atoms with Crippen molar-refractivity contribution in [3.8, 4) is 0 Å². The van der Waals surface area contributed by atoms with Gasteiger partial charge in [-0.05, 0) is 12.3 Å². The molecule has 6 heteroatoms. The molecular formula is C12H21F4NO. The summed E-state index contributed by atoms with van der Waals surface area (Å²) in [7, 11) is 0. The number of hydrogen-bond acceptors (Lipinski definition) is 2. The Morgan fingerprint density at radius 3 is 2.33 bits per heavy atom. The van der Waals surface area contributed by atoms with Crippen LogP contribution in [0.15, 0.2) is 0 Å². The van der Waals surface area contributed by atoms with Crippen molar-refractivity contribution in [1.29, 1.82) is 0 Å². The van der Waals surface area contributed by atoms with Crippen molar-refractivity contribution in [2.45, 2.75) is 56.9 Å². The predicted molar refractivity (Wildman–Crippen MR) is 60.9 cm³/mol. The maximum absolute atomic E-state index is 12.5. The molecule has 0 bridgehead atoms. The van der Waals surface area contributed by atoms with Crippen molar-refractivity contribution in [3.05, 3.63) is 0 Å². The van der Waals surface area contributed by atoms with Crippen molar-refractivity contribution in [3.63, 3.8) is 0 Å². The highest BCUT2D eigenvalue weighted by atomic mass is 19.3. The largest absolute Gasteiger partial charge is 0.373 e. The first-order chi connectivity index (χ1) is 8.42. The van der Waals surface area contributed by atoms with Crippen LogP contribution in [0.25, 0.3) is 0 Å². The number of rotatable bonds is 7. The fourth-order valence-corrected chi connectivity index (χ4v) is 2.33. The van der Waals surface area contributed by atoms with Gasteiger partial charge in [0.25, 0.3) is 0 Å². The van der Waals surface area contributed by atoms with E-state index in [1.54, 1.807) is 0 Å². The zero-order valence-corrected chi connectivity index (χ0v) is 10.4. The van der Waals surface area contributed by atoms with E-state index in [0.29, 0.717) is 5.92 Å². The molecule has 1 aliphatic rings. The molecule has 1 saturated carbocycles. The first kappa shape index (κ1) is 15.7. The number of nitrogens with two attached hydrogens (primary N) is 1. The highest BCUT2D eigenvalue weighted by Gasteiger charge is 2.41. The van der Waals surface area contributed by atoms with E-state index in [1.807, 2.05) is 0 Å². The van der Waals surface area contributed by atoms with Crippen molar-refractivity contribution >= 4 is 0 Å². The minimum absolute atomic E-state index is 0.0845. The summed E-state index contributed by atoms with van der Waals surface area (Å²) in [5, 5.41) is 0. The zero-order valence-electron chi connectivity index (χ0n) is 10.4. The van der Waals surface area contributed by atoms with Gasteiger partial charge in [-0.25, -0.2) is 8.78 Å². The molecule has 0 saturated heterocycles. The Morgan fingerprint density at radius 1 is 1.17 bits per heavy atom. The molecule has 1 aliphatic carbocycles. The van der Waals surface area contributed by atoms with E-state index in [0.717, 1.165) is 19.3 Å². The number of halogens is 4. The Kier molecular flexibility index (Phi) is 6.35. The summed E-state index contributed by atoms with van der Waals surface area (Å²) in [5.74, 6) is -3.56. The second-order valence-corrected chi connectivity index (χ2v) is 5.08. The van der Waals surface area contributed by atoms with Crippen LogP contribution in [-0.4, -0.2) is 31.6 Å². The lowest BCUT2D eigenvalue weighted by Crippen LogP contribution is -2.36.